The summed E-state index contributed by atoms with van der Waals surface area (Å²) in [5.74, 6) is 0.820. The van der Waals surface area contributed by atoms with Gasteiger partial charge in [0, 0.05) is 18.3 Å². The number of nitrogens with zero attached hydrogens (tertiary/aromatic N) is 2. The van der Waals surface area contributed by atoms with Crippen LogP contribution in [0, 0.1) is 0 Å². The van der Waals surface area contributed by atoms with Crippen molar-refractivity contribution in [2.75, 3.05) is 11.9 Å². The van der Waals surface area contributed by atoms with Crippen LogP contribution >= 0.6 is 0 Å². The SMILES string of the molecule is CCCc1cc(NC(C)(CN)c2ccccc2)ncn1. The van der Waals surface area contributed by atoms with Crippen molar-refractivity contribution in [1.82, 2.24) is 9.97 Å². The van der Waals surface area contributed by atoms with Gasteiger partial charge < -0.3 is 11.1 Å². The summed E-state index contributed by atoms with van der Waals surface area (Å²) >= 11 is 0. The van der Waals surface area contributed by atoms with E-state index in [0.29, 0.717) is 6.54 Å². The Hall–Kier alpha value is -1.94. The third-order valence-corrected chi connectivity index (χ3v) is 3.45. The molecule has 4 nitrogen and oxygen atoms in total. The molecule has 0 fully saturated rings. The number of hydrogen-bond acceptors (Lipinski definition) is 4. The molecule has 1 unspecified atom stereocenters. The van der Waals surface area contributed by atoms with Gasteiger partial charge in [-0.25, -0.2) is 9.97 Å². The average Bonchev–Trinajstić information content (AvgIpc) is 2.49. The molecular weight excluding hydrogens is 248 g/mol. The lowest BCUT2D eigenvalue weighted by atomic mass is 9.92. The zero-order chi connectivity index (χ0) is 14.4. The third kappa shape index (κ3) is 3.33. The summed E-state index contributed by atoms with van der Waals surface area (Å²) in [5.41, 5.74) is 7.85. The number of benzene rings is 1. The minimum Gasteiger partial charge on any atom is -0.359 e. The molecule has 0 saturated heterocycles. The van der Waals surface area contributed by atoms with Crippen LogP contribution in [0.4, 0.5) is 5.82 Å². The van der Waals surface area contributed by atoms with Gasteiger partial charge >= 0.3 is 0 Å². The van der Waals surface area contributed by atoms with E-state index in [-0.39, 0.29) is 5.54 Å². The first-order chi connectivity index (χ1) is 9.68. The molecule has 0 saturated carbocycles. The van der Waals surface area contributed by atoms with E-state index in [2.05, 4.69) is 41.3 Å². The third-order valence-electron chi connectivity index (χ3n) is 3.45. The Kier molecular flexibility index (Phi) is 4.69. The molecule has 0 amide bonds. The first-order valence-corrected chi connectivity index (χ1v) is 7.02. The van der Waals surface area contributed by atoms with Crippen molar-refractivity contribution in [2.45, 2.75) is 32.2 Å². The molecule has 106 valence electrons. The first-order valence-electron chi connectivity index (χ1n) is 7.02. The molecule has 1 aromatic heterocycles. The lowest BCUT2D eigenvalue weighted by Crippen LogP contribution is -2.40. The van der Waals surface area contributed by atoms with Gasteiger partial charge in [0.05, 0.1) is 5.54 Å². The molecule has 2 rings (SSSR count). The fourth-order valence-corrected chi connectivity index (χ4v) is 2.19. The lowest BCUT2D eigenvalue weighted by molar-refractivity contribution is 0.553. The van der Waals surface area contributed by atoms with Crippen molar-refractivity contribution in [2.24, 2.45) is 5.73 Å². The number of hydrogen-bond donors (Lipinski definition) is 2. The largest absolute Gasteiger partial charge is 0.359 e. The van der Waals surface area contributed by atoms with Crippen LogP contribution in [0.2, 0.25) is 0 Å². The average molecular weight is 270 g/mol. The maximum absolute atomic E-state index is 5.98. The van der Waals surface area contributed by atoms with Gasteiger partial charge in [-0.05, 0) is 18.9 Å². The molecule has 0 radical (unpaired) electrons. The molecular formula is C16H22N4. The first kappa shape index (κ1) is 14.5. The minimum atomic E-state index is -0.334. The molecule has 1 atom stereocenters. The zero-order valence-corrected chi connectivity index (χ0v) is 12.1. The molecule has 1 aromatic carbocycles. The van der Waals surface area contributed by atoms with Crippen LogP contribution in [-0.2, 0) is 12.0 Å². The smallest absolute Gasteiger partial charge is 0.130 e. The van der Waals surface area contributed by atoms with E-state index in [0.717, 1.165) is 29.9 Å². The van der Waals surface area contributed by atoms with Crippen molar-refractivity contribution in [1.29, 1.82) is 0 Å². The van der Waals surface area contributed by atoms with Gasteiger partial charge in [-0.15, -0.1) is 0 Å². The topological polar surface area (TPSA) is 63.8 Å². The van der Waals surface area contributed by atoms with Crippen LogP contribution in [0.25, 0.3) is 0 Å². The van der Waals surface area contributed by atoms with Gasteiger partial charge in [0.2, 0.25) is 0 Å². The van der Waals surface area contributed by atoms with Gasteiger partial charge in [-0.2, -0.15) is 0 Å². The van der Waals surface area contributed by atoms with E-state index < -0.39 is 0 Å². The van der Waals surface area contributed by atoms with Crippen molar-refractivity contribution in [3.05, 3.63) is 54.0 Å². The monoisotopic (exact) mass is 270 g/mol. The van der Waals surface area contributed by atoms with E-state index in [1.807, 2.05) is 24.3 Å². The molecule has 20 heavy (non-hydrogen) atoms. The van der Waals surface area contributed by atoms with Crippen molar-refractivity contribution in [3.8, 4) is 0 Å². The highest BCUT2D eigenvalue weighted by atomic mass is 15.1. The van der Waals surface area contributed by atoms with Gasteiger partial charge in [0.15, 0.2) is 0 Å². The Bertz CT molecular complexity index is 541. The molecule has 3 N–H and O–H groups in total. The minimum absolute atomic E-state index is 0.334. The number of anilines is 1. The van der Waals surface area contributed by atoms with Crippen LogP contribution in [0.3, 0.4) is 0 Å². The predicted octanol–water partition coefficient (Wildman–Crippen LogP) is 2.72. The lowest BCUT2D eigenvalue weighted by Gasteiger charge is -2.30. The summed E-state index contributed by atoms with van der Waals surface area (Å²) in [4.78, 5) is 8.58. The molecule has 2 aromatic rings. The second-order valence-electron chi connectivity index (χ2n) is 5.17. The van der Waals surface area contributed by atoms with E-state index in [1.54, 1.807) is 6.33 Å². The quantitative estimate of drug-likeness (QED) is 0.847. The van der Waals surface area contributed by atoms with Crippen LogP contribution in [0.5, 0.6) is 0 Å². The second kappa shape index (κ2) is 6.48. The summed E-state index contributed by atoms with van der Waals surface area (Å²) < 4.78 is 0. The predicted molar refractivity (Wildman–Crippen MR) is 82.5 cm³/mol. The maximum Gasteiger partial charge on any atom is 0.130 e. The Morgan fingerprint density at radius 1 is 1.20 bits per heavy atom. The zero-order valence-electron chi connectivity index (χ0n) is 12.1. The summed E-state index contributed by atoms with van der Waals surface area (Å²) in [7, 11) is 0. The Morgan fingerprint density at radius 2 is 1.95 bits per heavy atom. The van der Waals surface area contributed by atoms with Crippen molar-refractivity contribution < 1.29 is 0 Å². The normalized spacial score (nSPS) is 13.8. The van der Waals surface area contributed by atoms with Crippen LogP contribution in [-0.4, -0.2) is 16.5 Å². The number of nitrogens with one attached hydrogen (secondary N) is 1. The fraction of sp³-hybridized carbons (Fsp3) is 0.375. The molecule has 0 spiro atoms. The standard InChI is InChI=1S/C16H22N4/c1-3-7-14-10-15(19-12-18-14)20-16(2,11-17)13-8-5-4-6-9-13/h4-6,8-10,12H,3,7,11,17H2,1-2H3,(H,18,19,20). The van der Waals surface area contributed by atoms with Gasteiger partial charge in [0.25, 0.3) is 0 Å². The molecule has 0 aliphatic rings. The van der Waals surface area contributed by atoms with E-state index in [1.165, 1.54) is 0 Å². The highest BCUT2D eigenvalue weighted by Gasteiger charge is 2.25. The van der Waals surface area contributed by atoms with E-state index in [9.17, 15) is 0 Å². The van der Waals surface area contributed by atoms with E-state index >= 15 is 0 Å². The molecule has 0 aliphatic carbocycles. The maximum atomic E-state index is 5.98. The van der Waals surface area contributed by atoms with E-state index in [4.69, 9.17) is 5.73 Å². The van der Waals surface area contributed by atoms with Gasteiger partial charge in [-0.1, -0.05) is 43.7 Å². The van der Waals surface area contributed by atoms with Crippen molar-refractivity contribution >= 4 is 5.82 Å². The van der Waals surface area contributed by atoms with Crippen molar-refractivity contribution in [3.63, 3.8) is 0 Å². The molecule has 1 heterocycles. The molecule has 0 bridgehead atoms. The summed E-state index contributed by atoms with van der Waals surface area (Å²) in [6.45, 7) is 4.72. The summed E-state index contributed by atoms with van der Waals surface area (Å²) in [6.07, 6.45) is 3.64. The fourth-order valence-electron chi connectivity index (χ4n) is 2.19. The molecule has 4 heteroatoms. The number of nitrogens with two attached hydrogens (primary N) is 1. The highest BCUT2D eigenvalue weighted by Crippen LogP contribution is 2.24. The molecule has 0 aliphatic heterocycles. The van der Waals surface area contributed by atoms with Crippen LogP contribution < -0.4 is 11.1 Å². The number of rotatable bonds is 6. The number of aryl methyl sites for hydroxylation is 1. The Morgan fingerprint density at radius 3 is 2.60 bits per heavy atom. The second-order valence-corrected chi connectivity index (χ2v) is 5.17. The summed E-state index contributed by atoms with van der Waals surface area (Å²) in [6, 6.07) is 12.2. The van der Waals surface area contributed by atoms with Gasteiger partial charge in [0.1, 0.15) is 12.1 Å². The summed E-state index contributed by atoms with van der Waals surface area (Å²) in [5, 5.41) is 3.44. The van der Waals surface area contributed by atoms with Crippen LogP contribution in [0.1, 0.15) is 31.5 Å². The highest BCUT2D eigenvalue weighted by molar-refractivity contribution is 5.42. The van der Waals surface area contributed by atoms with Gasteiger partial charge in [-0.3, -0.25) is 0 Å². The Balaban J connectivity index is 2.24. The van der Waals surface area contributed by atoms with Crippen LogP contribution in [0.15, 0.2) is 42.7 Å². The number of aromatic nitrogens is 2. The Labute approximate surface area is 120 Å².